The van der Waals surface area contributed by atoms with Crippen LogP contribution in [0.5, 0.6) is 5.75 Å². The smallest absolute Gasteiger partial charge is 0.410 e. The molecule has 0 aromatic heterocycles. The van der Waals surface area contributed by atoms with Gasteiger partial charge in [-0.05, 0) is 36.5 Å². The van der Waals surface area contributed by atoms with Gasteiger partial charge in [0.1, 0.15) is 5.75 Å². The van der Waals surface area contributed by atoms with Gasteiger partial charge in [-0.2, -0.15) is 0 Å². The van der Waals surface area contributed by atoms with Gasteiger partial charge in [0.05, 0.1) is 0 Å². The molecule has 1 rings (SSSR count). The van der Waals surface area contributed by atoms with Crippen LogP contribution in [0.1, 0.15) is 46.6 Å². The van der Waals surface area contributed by atoms with E-state index in [9.17, 15) is 4.79 Å². The Bertz CT molecular complexity index is 407. The average Bonchev–Trinajstić information content (AvgIpc) is 2.27. The van der Waals surface area contributed by atoms with Crippen molar-refractivity contribution in [3.63, 3.8) is 0 Å². The molecule has 0 fully saturated rings. The van der Waals surface area contributed by atoms with E-state index in [0.717, 1.165) is 12.0 Å². The lowest BCUT2D eigenvalue weighted by molar-refractivity contribution is 0.196. The predicted molar refractivity (Wildman–Crippen MR) is 74.1 cm³/mol. The minimum atomic E-state index is -0.393. The quantitative estimate of drug-likeness (QED) is 0.883. The number of ether oxygens (including phenoxy) is 1. The van der Waals surface area contributed by atoms with Crippen LogP contribution in [0.3, 0.4) is 0 Å². The van der Waals surface area contributed by atoms with Gasteiger partial charge in [0, 0.05) is 6.04 Å². The molecule has 0 bridgehead atoms. The zero-order chi connectivity index (χ0) is 13.8. The Labute approximate surface area is 110 Å². The molecule has 100 valence electrons. The summed E-state index contributed by atoms with van der Waals surface area (Å²) < 4.78 is 5.27. The first-order chi connectivity index (χ1) is 8.32. The van der Waals surface area contributed by atoms with Crippen LogP contribution in [-0.4, -0.2) is 12.1 Å². The number of carbonyl (C=O) groups excluding carboxylic acids is 1. The molecule has 0 aliphatic carbocycles. The summed E-state index contributed by atoms with van der Waals surface area (Å²) in [5.74, 6) is 0.586. The average molecular weight is 249 g/mol. The maximum absolute atomic E-state index is 11.6. The highest BCUT2D eigenvalue weighted by Crippen LogP contribution is 2.25. The van der Waals surface area contributed by atoms with Crippen molar-refractivity contribution in [3.8, 4) is 5.75 Å². The summed E-state index contributed by atoms with van der Waals surface area (Å²) in [7, 11) is 0. The molecule has 3 heteroatoms. The summed E-state index contributed by atoms with van der Waals surface area (Å²) in [6.45, 7) is 10.4. The first-order valence-corrected chi connectivity index (χ1v) is 6.42. The zero-order valence-electron chi connectivity index (χ0n) is 11.9. The normalized spacial score (nSPS) is 12.9. The standard InChI is InChI=1S/C15H23NO2/c1-6-11(2)16-14(17)18-13-9-7-8-12(10-13)15(3,4)5/h7-11H,6H2,1-5H3,(H,16,17). The fraction of sp³-hybridized carbons (Fsp3) is 0.533. The molecule has 0 heterocycles. The van der Waals surface area contributed by atoms with Gasteiger partial charge in [0.15, 0.2) is 0 Å². The molecule has 1 amide bonds. The molecule has 0 aliphatic heterocycles. The fourth-order valence-corrected chi connectivity index (χ4v) is 1.47. The van der Waals surface area contributed by atoms with E-state index in [1.165, 1.54) is 0 Å². The second-order valence-corrected chi connectivity index (χ2v) is 5.62. The predicted octanol–water partition coefficient (Wildman–Crippen LogP) is 3.87. The number of nitrogens with one attached hydrogen (secondary N) is 1. The maximum Gasteiger partial charge on any atom is 0.412 e. The molecule has 0 aliphatic rings. The highest BCUT2D eigenvalue weighted by molar-refractivity contribution is 5.70. The molecule has 0 spiro atoms. The van der Waals surface area contributed by atoms with Crippen molar-refractivity contribution in [1.82, 2.24) is 5.32 Å². The molecular formula is C15H23NO2. The topological polar surface area (TPSA) is 38.3 Å². The Morgan fingerprint density at radius 1 is 1.39 bits per heavy atom. The Balaban J connectivity index is 2.71. The zero-order valence-corrected chi connectivity index (χ0v) is 11.9. The number of hydrogen-bond acceptors (Lipinski definition) is 2. The van der Waals surface area contributed by atoms with Crippen LogP contribution in [0.4, 0.5) is 4.79 Å². The molecule has 0 saturated carbocycles. The van der Waals surface area contributed by atoms with Crippen LogP contribution in [0.15, 0.2) is 24.3 Å². The summed E-state index contributed by atoms with van der Waals surface area (Å²) in [5, 5.41) is 2.78. The number of hydrogen-bond donors (Lipinski definition) is 1. The third kappa shape index (κ3) is 4.40. The highest BCUT2D eigenvalue weighted by atomic mass is 16.6. The van der Waals surface area contributed by atoms with Gasteiger partial charge in [0.25, 0.3) is 0 Å². The molecule has 1 N–H and O–H groups in total. The van der Waals surface area contributed by atoms with Crippen LogP contribution < -0.4 is 10.1 Å². The van der Waals surface area contributed by atoms with Crippen LogP contribution in [0, 0.1) is 0 Å². The monoisotopic (exact) mass is 249 g/mol. The summed E-state index contributed by atoms with van der Waals surface area (Å²) in [6.07, 6.45) is 0.493. The van der Waals surface area contributed by atoms with Crippen molar-refractivity contribution >= 4 is 6.09 Å². The third-order valence-electron chi connectivity index (χ3n) is 2.89. The van der Waals surface area contributed by atoms with Crippen molar-refractivity contribution in [2.24, 2.45) is 0 Å². The van der Waals surface area contributed by atoms with Gasteiger partial charge < -0.3 is 10.1 Å². The third-order valence-corrected chi connectivity index (χ3v) is 2.89. The second kappa shape index (κ2) is 5.89. The molecule has 1 atom stereocenters. The highest BCUT2D eigenvalue weighted by Gasteiger charge is 2.15. The van der Waals surface area contributed by atoms with E-state index in [4.69, 9.17) is 4.74 Å². The number of carbonyl (C=O) groups is 1. The van der Waals surface area contributed by atoms with E-state index in [1.54, 1.807) is 6.07 Å². The second-order valence-electron chi connectivity index (χ2n) is 5.62. The summed E-state index contributed by atoms with van der Waals surface area (Å²) in [4.78, 5) is 11.6. The van der Waals surface area contributed by atoms with Gasteiger partial charge in [-0.3, -0.25) is 0 Å². The van der Waals surface area contributed by atoms with Gasteiger partial charge >= 0.3 is 6.09 Å². The Morgan fingerprint density at radius 3 is 2.61 bits per heavy atom. The lowest BCUT2D eigenvalue weighted by atomic mass is 9.87. The van der Waals surface area contributed by atoms with E-state index in [0.29, 0.717) is 5.75 Å². The van der Waals surface area contributed by atoms with Gasteiger partial charge in [-0.25, -0.2) is 4.79 Å². The molecule has 1 unspecified atom stereocenters. The summed E-state index contributed by atoms with van der Waals surface area (Å²) in [6, 6.07) is 7.79. The molecule has 0 radical (unpaired) electrons. The van der Waals surface area contributed by atoms with E-state index in [1.807, 2.05) is 32.0 Å². The molecule has 18 heavy (non-hydrogen) atoms. The van der Waals surface area contributed by atoms with Gasteiger partial charge in [0.2, 0.25) is 0 Å². The molecular weight excluding hydrogens is 226 g/mol. The molecule has 1 aromatic rings. The first kappa shape index (κ1) is 14.6. The van der Waals surface area contributed by atoms with Crippen LogP contribution in [0.2, 0.25) is 0 Å². The minimum Gasteiger partial charge on any atom is -0.410 e. The van der Waals surface area contributed by atoms with Gasteiger partial charge in [-0.15, -0.1) is 0 Å². The summed E-state index contributed by atoms with van der Waals surface area (Å²) >= 11 is 0. The Hall–Kier alpha value is -1.51. The van der Waals surface area contributed by atoms with Crippen LogP contribution in [0.25, 0.3) is 0 Å². The van der Waals surface area contributed by atoms with Crippen LogP contribution in [-0.2, 0) is 5.41 Å². The van der Waals surface area contributed by atoms with E-state index in [-0.39, 0.29) is 11.5 Å². The molecule has 0 saturated heterocycles. The number of benzene rings is 1. The lowest BCUT2D eigenvalue weighted by Crippen LogP contribution is -2.34. The Morgan fingerprint density at radius 2 is 2.06 bits per heavy atom. The lowest BCUT2D eigenvalue weighted by Gasteiger charge is -2.19. The number of rotatable bonds is 3. The van der Waals surface area contributed by atoms with E-state index >= 15 is 0 Å². The minimum absolute atomic E-state index is 0.0482. The van der Waals surface area contributed by atoms with Gasteiger partial charge in [-0.1, -0.05) is 39.8 Å². The van der Waals surface area contributed by atoms with Crippen molar-refractivity contribution in [2.45, 2.75) is 52.5 Å². The Kier molecular flexibility index (Phi) is 4.76. The molecule has 1 aromatic carbocycles. The van der Waals surface area contributed by atoms with E-state index < -0.39 is 6.09 Å². The summed E-state index contributed by atoms with van der Waals surface area (Å²) in [5.41, 5.74) is 1.20. The van der Waals surface area contributed by atoms with Crippen LogP contribution >= 0.6 is 0 Å². The van der Waals surface area contributed by atoms with Crippen molar-refractivity contribution < 1.29 is 9.53 Å². The number of amides is 1. The first-order valence-electron chi connectivity index (χ1n) is 6.42. The SMILES string of the molecule is CCC(C)NC(=O)Oc1cccc(C(C)(C)C)c1. The fourth-order valence-electron chi connectivity index (χ4n) is 1.47. The van der Waals surface area contributed by atoms with Crippen molar-refractivity contribution in [1.29, 1.82) is 0 Å². The largest absolute Gasteiger partial charge is 0.412 e. The van der Waals surface area contributed by atoms with E-state index in [2.05, 4.69) is 26.1 Å². The maximum atomic E-state index is 11.6. The van der Waals surface area contributed by atoms with Crippen molar-refractivity contribution in [2.75, 3.05) is 0 Å². The molecule has 3 nitrogen and oxygen atoms in total. The van der Waals surface area contributed by atoms with Crippen molar-refractivity contribution in [3.05, 3.63) is 29.8 Å².